The minimum Gasteiger partial charge on any atom is -0.378 e. The Hall–Kier alpha value is -2.38. The van der Waals surface area contributed by atoms with Crippen LogP contribution in [0.3, 0.4) is 0 Å². The monoisotopic (exact) mass is 431 g/mol. The second-order valence-corrected chi connectivity index (χ2v) is 10.1. The van der Waals surface area contributed by atoms with Gasteiger partial charge in [0.2, 0.25) is 15.9 Å². The number of rotatable bonds is 9. The van der Waals surface area contributed by atoms with Crippen molar-refractivity contribution in [2.75, 3.05) is 26.0 Å². The lowest BCUT2D eigenvalue weighted by molar-refractivity contribution is -0.132. The molecule has 0 fully saturated rings. The van der Waals surface area contributed by atoms with E-state index < -0.39 is 16.1 Å². The molecule has 1 unspecified atom stereocenters. The van der Waals surface area contributed by atoms with Gasteiger partial charge in [0.15, 0.2) is 0 Å². The van der Waals surface area contributed by atoms with E-state index in [0.29, 0.717) is 13.0 Å². The van der Waals surface area contributed by atoms with E-state index in [1.165, 1.54) is 0 Å². The van der Waals surface area contributed by atoms with Crippen LogP contribution in [0.2, 0.25) is 0 Å². The van der Waals surface area contributed by atoms with Gasteiger partial charge in [0.1, 0.15) is 6.04 Å². The fraction of sp³-hybridized carbons (Fsp3) is 0.435. The van der Waals surface area contributed by atoms with Crippen molar-refractivity contribution in [3.8, 4) is 0 Å². The van der Waals surface area contributed by atoms with E-state index in [2.05, 4.69) is 4.72 Å². The number of hydrogen-bond donors (Lipinski definition) is 1. The van der Waals surface area contributed by atoms with E-state index in [0.717, 1.165) is 16.8 Å². The number of hydrogen-bond acceptors (Lipinski definition) is 4. The van der Waals surface area contributed by atoms with Crippen molar-refractivity contribution in [1.29, 1.82) is 0 Å². The van der Waals surface area contributed by atoms with Crippen LogP contribution >= 0.6 is 0 Å². The second-order valence-electron chi connectivity index (χ2n) is 8.37. The summed E-state index contributed by atoms with van der Waals surface area (Å²) < 4.78 is 28.3. The molecule has 0 aromatic heterocycles. The summed E-state index contributed by atoms with van der Waals surface area (Å²) in [5.41, 5.74) is 3.04. The maximum Gasteiger partial charge on any atom is 0.241 e. The molecule has 30 heavy (non-hydrogen) atoms. The van der Waals surface area contributed by atoms with Gasteiger partial charge in [0.05, 0.1) is 4.90 Å². The number of sulfonamides is 1. The van der Waals surface area contributed by atoms with Gasteiger partial charge in [0, 0.05) is 33.4 Å². The van der Waals surface area contributed by atoms with Crippen molar-refractivity contribution in [2.24, 2.45) is 5.92 Å². The van der Waals surface area contributed by atoms with Gasteiger partial charge >= 0.3 is 0 Å². The molecule has 164 valence electrons. The quantitative estimate of drug-likeness (QED) is 0.661. The highest BCUT2D eigenvalue weighted by Crippen LogP contribution is 2.17. The molecule has 0 bridgehead atoms. The third-order valence-corrected chi connectivity index (χ3v) is 6.37. The normalized spacial score (nSPS) is 12.6. The fourth-order valence-electron chi connectivity index (χ4n) is 3.16. The number of carbonyl (C=O) groups is 1. The van der Waals surface area contributed by atoms with Gasteiger partial charge in [0.25, 0.3) is 0 Å². The SMILES string of the molecule is Cc1ccc(S(=O)(=O)NC(CC(C)C)C(=O)N(C)Cc2ccc(N(C)C)cc2)cc1. The van der Waals surface area contributed by atoms with Gasteiger partial charge in [-0.15, -0.1) is 0 Å². The number of nitrogens with zero attached hydrogens (tertiary/aromatic N) is 2. The Labute approximate surface area is 180 Å². The van der Waals surface area contributed by atoms with Gasteiger partial charge in [-0.1, -0.05) is 43.7 Å². The van der Waals surface area contributed by atoms with Crippen LogP contribution in [-0.2, 0) is 21.4 Å². The summed E-state index contributed by atoms with van der Waals surface area (Å²) in [5, 5.41) is 0. The molecule has 0 radical (unpaired) electrons. The van der Waals surface area contributed by atoms with Crippen molar-refractivity contribution >= 4 is 21.6 Å². The summed E-state index contributed by atoms with van der Waals surface area (Å²) in [7, 11) is 1.86. The summed E-state index contributed by atoms with van der Waals surface area (Å²) in [5.74, 6) is -0.0801. The zero-order valence-electron chi connectivity index (χ0n) is 18.7. The Kier molecular flexibility index (Phi) is 8.03. The number of anilines is 1. The van der Waals surface area contributed by atoms with E-state index in [1.54, 1.807) is 36.2 Å². The summed E-state index contributed by atoms with van der Waals surface area (Å²) in [6, 6.07) is 13.8. The average molecular weight is 432 g/mol. The van der Waals surface area contributed by atoms with E-state index in [9.17, 15) is 13.2 Å². The summed E-state index contributed by atoms with van der Waals surface area (Å²) >= 11 is 0. The minimum atomic E-state index is -3.79. The second kappa shape index (κ2) is 10.1. The molecule has 0 aliphatic rings. The molecule has 1 amide bonds. The Bertz CT molecular complexity index is 937. The van der Waals surface area contributed by atoms with Gasteiger partial charge in [-0.05, 0) is 49.1 Å². The van der Waals surface area contributed by atoms with Gasteiger partial charge < -0.3 is 9.80 Å². The number of aryl methyl sites for hydroxylation is 1. The molecule has 0 spiro atoms. The third kappa shape index (κ3) is 6.57. The van der Waals surface area contributed by atoms with Crippen molar-refractivity contribution in [3.05, 3.63) is 59.7 Å². The minimum absolute atomic E-state index is 0.160. The highest BCUT2D eigenvalue weighted by molar-refractivity contribution is 7.89. The summed E-state index contributed by atoms with van der Waals surface area (Å²) in [6.07, 6.45) is 0.424. The molecule has 0 saturated heterocycles. The molecule has 0 heterocycles. The van der Waals surface area contributed by atoms with Crippen molar-refractivity contribution in [3.63, 3.8) is 0 Å². The van der Waals surface area contributed by atoms with E-state index in [1.807, 2.05) is 64.0 Å². The molecular weight excluding hydrogens is 398 g/mol. The maximum atomic E-state index is 13.1. The first kappa shape index (κ1) is 23.9. The van der Waals surface area contributed by atoms with E-state index >= 15 is 0 Å². The third-order valence-electron chi connectivity index (χ3n) is 4.88. The number of likely N-dealkylation sites (N-methyl/N-ethyl adjacent to an activating group) is 1. The van der Waals surface area contributed by atoms with Crippen LogP contribution in [0.4, 0.5) is 5.69 Å². The lowest BCUT2D eigenvalue weighted by Gasteiger charge is -2.26. The molecular formula is C23H33N3O3S. The van der Waals surface area contributed by atoms with Crippen LogP contribution < -0.4 is 9.62 Å². The van der Waals surface area contributed by atoms with Crippen LogP contribution in [0.5, 0.6) is 0 Å². The number of benzene rings is 2. The van der Waals surface area contributed by atoms with Crippen LogP contribution in [0, 0.1) is 12.8 Å². The predicted molar refractivity (Wildman–Crippen MR) is 122 cm³/mol. The van der Waals surface area contributed by atoms with Crippen molar-refractivity contribution in [1.82, 2.24) is 9.62 Å². The summed E-state index contributed by atoms with van der Waals surface area (Å²) in [4.78, 5) is 16.9. The van der Waals surface area contributed by atoms with E-state index in [4.69, 9.17) is 0 Å². The first-order valence-corrected chi connectivity index (χ1v) is 11.6. The van der Waals surface area contributed by atoms with Gasteiger partial charge in [-0.25, -0.2) is 8.42 Å². The molecule has 1 N–H and O–H groups in total. The number of amides is 1. The van der Waals surface area contributed by atoms with Gasteiger partial charge in [-0.2, -0.15) is 4.72 Å². The molecule has 0 aliphatic heterocycles. The smallest absolute Gasteiger partial charge is 0.241 e. The topological polar surface area (TPSA) is 69.7 Å². The first-order valence-electron chi connectivity index (χ1n) is 10.1. The molecule has 7 heteroatoms. The van der Waals surface area contributed by atoms with Gasteiger partial charge in [-0.3, -0.25) is 4.79 Å². The van der Waals surface area contributed by atoms with E-state index in [-0.39, 0.29) is 16.7 Å². The molecule has 2 rings (SSSR count). The zero-order valence-corrected chi connectivity index (χ0v) is 19.5. The largest absolute Gasteiger partial charge is 0.378 e. The van der Waals surface area contributed by atoms with Crippen LogP contribution in [0.15, 0.2) is 53.4 Å². The average Bonchev–Trinajstić information content (AvgIpc) is 2.67. The number of nitrogens with one attached hydrogen (secondary N) is 1. The van der Waals surface area contributed by atoms with Crippen molar-refractivity contribution in [2.45, 2.75) is 44.7 Å². The predicted octanol–water partition coefficient (Wildman–Crippen LogP) is 3.41. The highest BCUT2D eigenvalue weighted by Gasteiger charge is 2.28. The van der Waals surface area contributed by atoms with Crippen LogP contribution in [0.25, 0.3) is 0 Å². The standard InChI is InChI=1S/C23H33N3O3S/c1-17(2)15-22(24-30(28,29)21-13-7-18(3)8-14-21)23(27)26(6)16-19-9-11-20(12-10-19)25(4)5/h7-14,17,22,24H,15-16H2,1-6H3. The van der Waals surface area contributed by atoms with Crippen LogP contribution in [0.1, 0.15) is 31.4 Å². The fourth-order valence-corrected chi connectivity index (χ4v) is 4.36. The van der Waals surface area contributed by atoms with Crippen molar-refractivity contribution < 1.29 is 13.2 Å². The Morgan fingerprint density at radius 3 is 2.03 bits per heavy atom. The molecule has 0 saturated carbocycles. The molecule has 2 aromatic carbocycles. The number of carbonyl (C=O) groups excluding carboxylic acids is 1. The van der Waals surface area contributed by atoms with Crippen LogP contribution in [-0.4, -0.2) is 46.4 Å². The highest BCUT2D eigenvalue weighted by atomic mass is 32.2. The lowest BCUT2D eigenvalue weighted by atomic mass is 10.0. The Morgan fingerprint density at radius 2 is 1.53 bits per heavy atom. The Morgan fingerprint density at radius 1 is 0.967 bits per heavy atom. The lowest BCUT2D eigenvalue weighted by Crippen LogP contribution is -2.47. The molecule has 1 atom stereocenters. The first-order chi connectivity index (χ1) is 14.0. The molecule has 2 aromatic rings. The molecule has 6 nitrogen and oxygen atoms in total. The Balaban J connectivity index is 2.16. The maximum absolute atomic E-state index is 13.1. The zero-order chi connectivity index (χ0) is 22.5. The molecule has 0 aliphatic carbocycles. The summed E-state index contributed by atoms with van der Waals surface area (Å²) in [6.45, 7) is 6.25.